The van der Waals surface area contributed by atoms with Crippen molar-refractivity contribution in [1.29, 1.82) is 0 Å². The maximum absolute atomic E-state index is 12.9. The van der Waals surface area contributed by atoms with Gasteiger partial charge in [0.05, 0.1) is 5.39 Å². The highest BCUT2D eigenvalue weighted by atomic mass is 32.2. The van der Waals surface area contributed by atoms with Gasteiger partial charge in [0, 0.05) is 14.8 Å². The molecule has 0 fully saturated rings. The van der Waals surface area contributed by atoms with E-state index in [0.29, 0.717) is 21.0 Å². The lowest BCUT2D eigenvalue weighted by molar-refractivity contribution is 0.487. The molecular weight excluding hydrogens is 368 g/mol. The van der Waals surface area contributed by atoms with Gasteiger partial charge in [0.15, 0.2) is 11.2 Å². The third kappa shape index (κ3) is 3.21. The number of hydrogen-bond donors (Lipinski definition) is 0. The number of hydrogen-bond acceptors (Lipinski definition) is 5. The summed E-state index contributed by atoms with van der Waals surface area (Å²) in [5, 5.41) is 0.856. The molecule has 0 unspecified atom stereocenters. The molecule has 1 aromatic heterocycles. The summed E-state index contributed by atoms with van der Waals surface area (Å²) in [6.07, 6.45) is 0. The maximum Gasteiger partial charge on any atom is 0.313 e. The summed E-state index contributed by atoms with van der Waals surface area (Å²) in [6, 6.07) is 21.1. The van der Waals surface area contributed by atoms with Crippen LogP contribution in [0.1, 0.15) is 5.56 Å². The third-order valence-electron chi connectivity index (χ3n) is 3.97. The first kappa shape index (κ1) is 16.8. The Bertz CT molecular complexity index is 1260. The van der Waals surface area contributed by atoms with E-state index in [4.69, 9.17) is 4.18 Å². The zero-order chi connectivity index (χ0) is 18.1. The fraction of sp³-hybridized carbons (Fsp3) is 0.0500. The minimum Gasteiger partial charge on any atom is -0.381 e. The van der Waals surface area contributed by atoms with Crippen LogP contribution in [0.25, 0.3) is 20.2 Å². The first-order valence-electron chi connectivity index (χ1n) is 7.94. The predicted molar refractivity (Wildman–Crippen MR) is 105 cm³/mol. The molecule has 3 aromatic carbocycles. The normalized spacial score (nSPS) is 11.7. The molecule has 0 saturated carbocycles. The van der Waals surface area contributed by atoms with Crippen molar-refractivity contribution in [1.82, 2.24) is 0 Å². The average molecular weight is 382 g/mol. The molecule has 130 valence electrons. The van der Waals surface area contributed by atoms with E-state index in [1.54, 1.807) is 48.5 Å². The van der Waals surface area contributed by atoms with Crippen molar-refractivity contribution >= 4 is 41.6 Å². The largest absolute Gasteiger partial charge is 0.381 e. The average Bonchev–Trinajstić information content (AvgIpc) is 2.62. The minimum atomic E-state index is -3.88. The van der Waals surface area contributed by atoms with Crippen LogP contribution in [0, 0.1) is 0 Å². The summed E-state index contributed by atoms with van der Waals surface area (Å²) in [7, 11) is -3.88. The minimum absolute atomic E-state index is 0.0745. The van der Waals surface area contributed by atoms with Gasteiger partial charge in [-0.25, -0.2) is 0 Å². The molecule has 4 aromatic rings. The van der Waals surface area contributed by atoms with Crippen molar-refractivity contribution in [3.8, 4) is 5.75 Å². The zero-order valence-electron chi connectivity index (χ0n) is 13.6. The number of rotatable bonds is 4. The van der Waals surface area contributed by atoms with Crippen LogP contribution in [-0.2, 0) is 15.9 Å². The second-order valence-electron chi connectivity index (χ2n) is 5.83. The van der Waals surface area contributed by atoms with Crippen LogP contribution in [0.5, 0.6) is 5.75 Å². The monoisotopic (exact) mass is 382 g/mol. The molecule has 0 N–H and O–H groups in total. The van der Waals surface area contributed by atoms with Crippen molar-refractivity contribution in [2.24, 2.45) is 0 Å². The van der Waals surface area contributed by atoms with Crippen LogP contribution < -0.4 is 9.61 Å². The van der Waals surface area contributed by atoms with Crippen LogP contribution in [-0.4, -0.2) is 8.42 Å². The maximum atomic E-state index is 12.9. The van der Waals surface area contributed by atoms with Gasteiger partial charge in [-0.3, -0.25) is 4.79 Å². The Morgan fingerprint density at radius 3 is 2.31 bits per heavy atom. The molecule has 1 heterocycles. The smallest absolute Gasteiger partial charge is 0.313 e. The number of benzene rings is 3. The van der Waals surface area contributed by atoms with Crippen LogP contribution >= 0.6 is 11.3 Å². The Kier molecular flexibility index (Phi) is 4.22. The lowest BCUT2D eigenvalue weighted by Crippen LogP contribution is -2.14. The second-order valence-corrected chi connectivity index (χ2v) is 8.48. The van der Waals surface area contributed by atoms with E-state index < -0.39 is 10.1 Å². The Morgan fingerprint density at radius 1 is 0.808 bits per heavy atom. The molecule has 0 aliphatic heterocycles. The van der Waals surface area contributed by atoms with E-state index >= 15 is 0 Å². The molecule has 0 aliphatic rings. The molecule has 4 nitrogen and oxygen atoms in total. The van der Waals surface area contributed by atoms with Gasteiger partial charge in [-0.2, -0.15) is 8.42 Å². The van der Waals surface area contributed by atoms with Crippen LogP contribution in [0.2, 0.25) is 0 Å². The lowest BCUT2D eigenvalue weighted by atomic mass is 10.2. The summed E-state index contributed by atoms with van der Waals surface area (Å²) in [5.41, 5.74) is 0.406. The van der Waals surface area contributed by atoms with E-state index in [1.807, 2.05) is 18.2 Å². The second kappa shape index (κ2) is 6.55. The lowest BCUT2D eigenvalue weighted by Gasteiger charge is -2.10. The molecule has 6 heteroatoms. The van der Waals surface area contributed by atoms with Crippen molar-refractivity contribution in [3.63, 3.8) is 0 Å². The molecule has 0 amide bonds. The van der Waals surface area contributed by atoms with Crippen molar-refractivity contribution in [2.45, 2.75) is 5.75 Å². The Morgan fingerprint density at radius 2 is 1.50 bits per heavy atom. The van der Waals surface area contributed by atoms with E-state index in [1.165, 1.54) is 17.4 Å². The summed E-state index contributed by atoms with van der Waals surface area (Å²) >= 11 is 1.43. The molecule has 0 bridgehead atoms. The molecule has 0 atom stereocenters. The van der Waals surface area contributed by atoms with Gasteiger partial charge in [-0.1, -0.05) is 48.5 Å². The topological polar surface area (TPSA) is 60.4 Å². The summed E-state index contributed by atoms with van der Waals surface area (Å²) < 4.78 is 31.8. The van der Waals surface area contributed by atoms with Crippen molar-refractivity contribution in [3.05, 3.63) is 88.6 Å². The summed E-state index contributed by atoms with van der Waals surface area (Å²) in [6.45, 7) is 0. The summed E-state index contributed by atoms with van der Waals surface area (Å²) in [5.74, 6) is -0.180. The SMILES string of the molecule is O=c1c2ccccc2sc2cccc(OS(=O)(=O)Cc3ccccc3)c12. The van der Waals surface area contributed by atoms with Crippen LogP contribution in [0.3, 0.4) is 0 Å². The fourth-order valence-corrected chi connectivity index (χ4v) is 5.00. The van der Waals surface area contributed by atoms with Gasteiger partial charge >= 0.3 is 10.1 Å². The van der Waals surface area contributed by atoms with Crippen LogP contribution in [0.15, 0.2) is 77.6 Å². The van der Waals surface area contributed by atoms with Gasteiger partial charge in [-0.15, -0.1) is 11.3 Å². The van der Waals surface area contributed by atoms with Gasteiger partial charge in [-0.05, 0) is 29.8 Å². The first-order valence-corrected chi connectivity index (χ1v) is 10.3. The molecule has 4 rings (SSSR count). The van der Waals surface area contributed by atoms with Gasteiger partial charge in [0.25, 0.3) is 0 Å². The predicted octanol–water partition coefficient (Wildman–Crippen LogP) is 4.32. The van der Waals surface area contributed by atoms with E-state index in [9.17, 15) is 13.2 Å². The van der Waals surface area contributed by atoms with Gasteiger partial charge in [0.2, 0.25) is 0 Å². The highest BCUT2D eigenvalue weighted by Gasteiger charge is 2.18. The van der Waals surface area contributed by atoms with Crippen LogP contribution in [0.4, 0.5) is 0 Å². The Labute approximate surface area is 154 Å². The highest BCUT2D eigenvalue weighted by Crippen LogP contribution is 2.31. The standard InChI is InChI=1S/C20H14O4S2/c21-20-15-9-4-5-11-17(15)25-18-12-6-10-16(19(18)20)24-26(22,23)13-14-7-2-1-3-8-14/h1-12H,13H2. The molecule has 0 aliphatic carbocycles. The highest BCUT2D eigenvalue weighted by molar-refractivity contribution is 7.86. The molecule has 0 saturated heterocycles. The first-order chi connectivity index (χ1) is 12.5. The fourth-order valence-electron chi connectivity index (χ4n) is 2.83. The van der Waals surface area contributed by atoms with E-state index in [-0.39, 0.29) is 16.9 Å². The van der Waals surface area contributed by atoms with Gasteiger partial charge < -0.3 is 4.18 Å². The van der Waals surface area contributed by atoms with Crippen molar-refractivity contribution in [2.75, 3.05) is 0 Å². The molecule has 26 heavy (non-hydrogen) atoms. The molecular formula is C20H14O4S2. The number of fused-ring (bicyclic) bond motifs is 2. The van der Waals surface area contributed by atoms with E-state index in [2.05, 4.69) is 0 Å². The quantitative estimate of drug-likeness (QED) is 0.389. The molecule has 0 radical (unpaired) electrons. The van der Waals surface area contributed by atoms with E-state index in [0.717, 1.165) is 4.70 Å². The third-order valence-corrected chi connectivity index (χ3v) is 6.23. The molecule has 0 spiro atoms. The van der Waals surface area contributed by atoms with Gasteiger partial charge in [0.1, 0.15) is 5.75 Å². The van der Waals surface area contributed by atoms with Crippen molar-refractivity contribution < 1.29 is 12.6 Å². The Balaban J connectivity index is 1.82. The Hall–Kier alpha value is -2.70. The zero-order valence-corrected chi connectivity index (χ0v) is 15.2. The summed E-state index contributed by atoms with van der Waals surface area (Å²) in [4.78, 5) is 12.9.